The molecule has 0 aliphatic rings. The first-order valence-corrected chi connectivity index (χ1v) is 10.4. The second-order valence-electron chi connectivity index (χ2n) is 5.99. The molecule has 2 aromatic rings. The molecule has 0 fully saturated rings. The fraction of sp³-hybridized carbons (Fsp3) is 0.238. The van der Waals surface area contributed by atoms with Gasteiger partial charge in [-0.15, -0.1) is 11.8 Å². The highest BCUT2D eigenvalue weighted by molar-refractivity contribution is 7.99. The molecule has 0 radical (unpaired) electrons. The molecule has 0 aliphatic heterocycles. The molecule has 2 aromatic carbocycles. The van der Waals surface area contributed by atoms with Crippen LogP contribution in [0.1, 0.15) is 20.7 Å². The van der Waals surface area contributed by atoms with Crippen molar-refractivity contribution in [3.8, 4) is 0 Å². The lowest BCUT2D eigenvalue weighted by Crippen LogP contribution is -2.43. The van der Waals surface area contributed by atoms with Crippen LogP contribution in [0, 0.1) is 0 Å². The van der Waals surface area contributed by atoms with Crippen molar-refractivity contribution < 1.29 is 43.2 Å². The Morgan fingerprint density at radius 2 is 1.34 bits per heavy atom. The molecule has 0 saturated carbocycles. The molecule has 1 amide bonds. The maximum atomic E-state index is 11.7. The highest BCUT2D eigenvalue weighted by Gasteiger charge is 2.21. The minimum Gasteiger partial charge on any atom is -0.480 e. The number of hydrogen-bond donors (Lipinski definition) is 2. The number of carbonyl (C=O) groups is 4. The third-order valence-corrected chi connectivity index (χ3v) is 4.62. The molecule has 0 heterocycles. The summed E-state index contributed by atoms with van der Waals surface area (Å²) in [5, 5.41) is 11.4. The first kappa shape index (κ1) is 24.7. The highest BCUT2D eigenvalue weighted by Crippen LogP contribution is 2.06. The van der Waals surface area contributed by atoms with E-state index in [1.54, 1.807) is 48.5 Å². The zero-order valence-electron chi connectivity index (χ0n) is 16.8. The lowest BCUT2D eigenvalue weighted by Gasteiger charge is -2.14. The summed E-state index contributed by atoms with van der Waals surface area (Å²) in [5.74, 6) is -2.53. The molecule has 2 rings (SSSR count). The van der Waals surface area contributed by atoms with Crippen molar-refractivity contribution in [3.63, 3.8) is 0 Å². The van der Waals surface area contributed by atoms with Gasteiger partial charge in [0.2, 0.25) is 6.79 Å². The molecule has 10 nitrogen and oxygen atoms in total. The summed E-state index contributed by atoms with van der Waals surface area (Å²) in [6, 6.07) is 15.2. The van der Waals surface area contributed by atoms with Gasteiger partial charge in [0.15, 0.2) is 6.79 Å². The number of thioether (sulfide) groups is 1. The molecule has 0 bridgehead atoms. The molecule has 0 aliphatic carbocycles. The van der Waals surface area contributed by atoms with E-state index in [9.17, 15) is 24.3 Å². The van der Waals surface area contributed by atoms with Crippen LogP contribution in [0.15, 0.2) is 60.7 Å². The van der Waals surface area contributed by atoms with E-state index in [4.69, 9.17) is 14.2 Å². The van der Waals surface area contributed by atoms with Crippen LogP contribution in [0.4, 0.5) is 4.79 Å². The number of alkyl carbamates (subject to hydrolysis) is 1. The number of carbonyl (C=O) groups excluding carboxylic acids is 3. The Bertz CT molecular complexity index is 893. The van der Waals surface area contributed by atoms with Crippen LogP contribution in [-0.4, -0.2) is 60.4 Å². The Morgan fingerprint density at radius 3 is 1.88 bits per heavy atom. The van der Waals surface area contributed by atoms with E-state index >= 15 is 0 Å². The molecule has 0 aromatic heterocycles. The van der Waals surface area contributed by atoms with Crippen molar-refractivity contribution in [1.82, 2.24) is 5.32 Å². The van der Waals surface area contributed by atoms with Gasteiger partial charge in [-0.25, -0.2) is 19.2 Å². The molecule has 1 atom stereocenters. The van der Waals surface area contributed by atoms with E-state index in [-0.39, 0.29) is 24.0 Å². The zero-order chi connectivity index (χ0) is 23.2. The molecule has 11 heteroatoms. The third-order valence-electron chi connectivity index (χ3n) is 3.71. The van der Waals surface area contributed by atoms with E-state index in [0.29, 0.717) is 5.56 Å². The number of hydrogen-bond acceptors (Lipinski definition) is 9. The lowest BCUT2D eigenvalue weighted by molar-refractivity contribution is -0.138. The summed E-state index contributed by atoms with van der Waals surface area (Å²) < 4.78 is 19.5. The predicted octanol–water partition coefficient (Wildman–Crippen LogP) is 2.50. The van der Waals surface area contributed by atoms with E-state index < -0.39 is 36.8 Å². The zero-order valence-corrected chi connectivity index (χ0v) is 17.6. The smallest absolute Gasteiger partial charge is 0.410 e. The summed E-state index contributed by atoms with van der Waals surface area (Å²) in [6.45, 7) is -0.977. The predicted molar refractivity (Wildman–Crippen MR) is 113 cm³/mol. The molecular weight excluding hydrogens is 442 g/mol. The number of carboxylic acid groups (broad SMARTS) is 1. The van der Waals surface area contributed by atoms with Crippen molar-refractivity contribution in [3.05, 3.63) is 71.8 Å². The minimum absolute atomic E-state index is 0.0251. The van der Waals surface area contributed by atoms with Gasteiger partial charge >= 0.3 is 24.0 Å². The third kappa shape index (κ3) is 9.06. The Hall–Kier alpha value is -3.57. The number of carboxylic acids is 1. The Labute approximate surface area is 187 Å². The van der Waals surface area contributed by atoms with Crippen LogP contribution in [0.3, 0.4) is 0 Å². The van der Waals surface area contributed by atoms with Crippen LogP contribution in [0.2, 0.25) is 0 Å². The van der Waals surface area contributed by atoms with Gasteiger partial charge in [0.1, 0.15) is 6.04 Å². The summed E-state index contributed by atoms with van der Waals surface area (Å²) in [5.41, 5.74) is 0.664. The second kappa shape index (κ2) is 13.7. The number of amides is 1. The van der Waals surface area contributed by atoms with Gasteiger partial charge in [-0.3, -0.25) is 0 Å². The van der Waals surface area contributed by atoms with Crippen LogP contribution >= 0.6 is 11.8 Å². The normalized spacial score (nSPS) is 11.1. The molecule has 0 unspecified atom stereocenters. The average Bonchev–Trinajstić information content (AvgIpc) is 2.81. The van der Waals surface area contributed by atoms with Gasteiger partial charge in [-0.2, -0.15) is 0 Å². The van der Waals surface area contributed by atoms with Gasteiger partial charge < -0.3 is 29.4 Å². The SMILES string of the molecule is O=C(N[C@@H](CSCOCOC(=O)c1ccccc1)C(=O)O)OCOC(=O)c1ccccc1. The van der Waals surface area contributed by atoms with Crippen molar-refractivity contribution in [1.29, 1.82) is 0 Å². The first-order chi connectivity index (χ1) is 15.5. The average molecular weight is 463 g/mol. The van der Waals surface area contributed by atoms with Gasteiger partial charge in [0.25, 0.3) is 0 Å². The van der Waals surface area contributed by atoms with Crippen molar-refractivity contribution in [2.45, 2.75) is 6.04 Å². The van der Waals surface area contributed by atoms with Crippen molar-refractivity contribution in [2.24, 2.45) is 0 Å². The van der Waals surface area contributed by atoms with Crippen LogP contribution in [0.25, 0.3) is 0 Å². The quantitative estimate of drug-likeness (QED) is 0.274. The van der Waals surface area contributed by atoms with E-state index in [2.05, 4.69) is 10.1 Å². The standard InChI is InChI=1S/C21H21NO9S/c23-18(24)17(11-32-14-28-12-29-19(25)15-7-3-1-4-8-15)22-21(27)31-13-30-20(26)16-9-5-2-6-10-16/h1-10,17H,11-14H2,(H,22,27)(H,23,24)/t17-/m0/s1. The summed E-state index contributed by atoms with van der Waals surface area (Å²) in [7, 11) is 0. The molecule has 2 N–H and O–H groups in total. The molecule has 32 heavy (non-hydrogen) atoms. The topological polar surface area (TPSA) is 137 Å². The van der Waals surface area contributed by atoms with Gasteiger partial charge in [-0.05, 0) is 24.3 Å². The van der Waals surface area contributed by atoms with Gasteiger partial charge in [-0.1, -0.05) is 36.4 Å². The second-order valence-corrected chi connectivity index (χ2v) is 6.97. The lowest BCUT2D eigenvalue weighted by atomic mass is 10.2. The Balaban J connectivity index is 1.60. The monoisotopic (exact) mass is 463 g/mol. The number of benzene rings is 2. The van der Waals surface area contributed by atoms with E-state index in [0.717, 1.165) is 11.8 Å². The molecule has 0 saturated heterocycles. The number of rotatable bonds is 12. The van der Waals surface area contributed by atoms with Crippen LogP contribution in [-0.2, 0) is 23.7 Å². The number of esters is 2. The number of ether oxygens (including phenoxy) is 4. The minimum atomic E-state index is -1.29. The van der Waals surface area contributed by atoms with Gasteiger partial charge in [0.05, 0.1) is 17.1 Å². The number of nitrogens with one attached hydrogen (secondary N) is 1. The largest absolute Gasteiger partial charge is 0.480 e. The first-order valence-electron chi connectivity index (χ1n) is 9.23. The molecular formula is C21H21NO9S. The Morgan fingerprint density at radius 1 is 0.812 bits per heavy atom. The van der Waals surface area contributed by atoms with E-state index in [1.165, 1.54) is 12.1 Å². The van der Waals surface area contributed by atoms with Crippen LogP contribution in [0.5, 0.6) is 0 Å². The highest BCUT2D eigenvalue weighted by atomic mass is 32.2. The van der Waals surface area contributed by atoms with Crippen molar-refractivity contribution in [2.75, 3.05) is 25.3 Å². The summed E-state index contributed by atoms with van der Waals surface area (Å²) in [4.78, 5) is 46.5. The summed E-state index contributed by atoms with van der Waals surface area (Å²) >= 11 is 1.06. The summed E-state index contributed by atoms with van der Waals surface area (Å²) in [6.07, 6.45) is -1.06. The Kier molecular flexibility index (Phi) is 10.6. The van der Waals surface area contributed by atoms with Crippen LogP contribution < -0.4 is 5.32 Å². The van der Waals surface area contributed by atoms with E-state index in [1.807, 2.05) is 0 Å². The number of aliphatic carboxylic acids is 1. The maximum absolute atomic E-state index is 11.7. The molecule has 0 spiro atoms. The van der Waals surface area contributed by atoms with Gasteiger partial charge in [0, 0.05) is 5.75 Å². The fourth-order valence-corrected chi connectivity index (χ4v) is 2.91. The van der Waals surface area contributed by atoms with Crippen molar-refractivity contribution >= 4 is 35.8 Å². The maximum Gasteiger partial charge on any atom is 0.410 e. The molecule has 170 valence electrons. The fourth-order valence-electron chi connectivity index (χ4n) is 2.16.